The van der Waals surface area contributed by atoms with Gasteiger partial charge < -0.3 is 10.2 Å². The molecule has 1 aromatic rings. The number of anilines is 1. The van der Waals surface area contributed by atoms with E-state index in [1.165, 1.54) is 0 Å². The molecule has 16 heavy (non-hydrogen) atoms. The van der Waals surface area contributed by atoms with Gasteiger partial charge in [0.2, 0.25) is 5.82 Å². The Morgan fingerprint density at radius 3 is 2.94 bits per heavy atom. The number of halogens is 2. The number of hydrogen-bond donors (Lipinski definition) is 1. The number of hydrogen-bond acceptors (Lipinski definition) is 4. The lowest BCUT2D eigenvalue weighted by atomic mass is 10.2. The summed E-state index contributed by atoms with van der Waals surface area (Å²) in [6.07, 6.45) is 0. The van der Waals surface area contributed by atoms with E-state index >= 15 is 0 Å². The highest BCUT2D eigenvalue weighted by Gasteiger charge is 2.24. The molecule has 0 saturated carbocycles. The Labute approximate surface area is 98.8 Å². The van der Waals surface area contributed by atoms with Crippen LogP contribution in [0.1, 0.15) is 12.7 Å². The summed E-state index contributed by atoms with van der Waals surface area (Å²) in [5.41, 5.74) is 0. The van der Waals surface area contributed by atoms with Gasteiger partial charge in [0.1, 0.15) is 5.82 Å². The van der Waals surface area contributed by atoms with Crippen LogP contribution in [0.5, 0.6) is 0 Å². The van der Waals surface area contributed by atoms with E-state index < -0.39 is 5.82 Å². The summed E-state index contributed by atoms with van der Waals surface area (Å²) in [6.45, 7) is 6.11. The van der Waals surface area contributed by atoms with Crippen LogP contribution in [0.3, 0.4) is 0 Å². The maximum Gasteiger partial charge on any atom is 0.202 e. The van der Waals surface area contributed by atoms with Crippen molar-refractivity contribution < 1.29 is 4.39 Å². The molecule has 88 valence electrons. The molecule has 0 aromatic carbocycles. The van der Waals surface area contributed by atoms with E-state index in [9.17, 15) is 4.39 Å². The number of aromatic nitrogens is 2. The SMILES string of the molecule is Cc1nc(Cl)c(F)c(N2CCNCC2C)n1. The van der Waals surface area contributed by atoms with Crippen LogP contribution >= 0.6 is 11.6 Å². The van der Waals surface area contributed by atoms with Crippen molar-refractivity contribution in [2.24, 2.45) is 0 Å². The lowest BCUT2D eigenvalue weighted by molar-refractivity contribution is 0.484. The van der Waals surface area contributed by atoms with E-state index in [0.29, 0.717) is 11.6 Å². The fourth-order valence-corrected chi connectivity index (χ4v) is 2.06. The van der Waals surface area contributed by atoms with Crippen molar-refractivity contribution >= 4 is 17.4 Å². The Morgan fingerprint density at radius 1 is 1.50 bits per heavy atom. The van der Waals surface area contributed by atoms with Crippen molar-refractivity contribution in [1.29, 1.82) is 0 Å². The maximum absolute atomic E-state index is 13.8. The lowest BCUT2D eigenvalue weighted by Crippen LogP contribution is -2.50. The van der Waals surface area contributed by atoms with E-state index in [1.54, 1.807) is 6.92 Å². The van der Waals surface area contributed by atoms with Crippen LogP contribution in [0.25, 0.3) is 0 Å². The van der Waals surface area contributed by atoms with Gasteiger partial charge in [-0.3, -0.25) is 0 Å². The first-order valence-corrected chi connectivity index (χ1v) is 5.64. The predicted molar refractivity (Wildman–Crippen MR) is 61.4 cm³/mol. The average Bonchev–Trinajstić information content (AvgIpc) is 2.24. The van der Waals surface area contributed by atoms with Gasteiger partial charge >= 0.3 is 0 Å². The standard InChI is InChI=1S/C10H14ClFN4/c1-6-5-13-3-4-16(6)10-8(12)9(11)14-7(2)15-10/h6,13H,3-5H2,1-2H3. The van der Waals surface area contributed by atoms with E-state index in [2.05, 4.69) is 15.3 Å². The summed E-state index contributed by atoms with van der Waals surface area (Å²) in [4.78, 5) is 9.85. The molecule has 0 aliphatic carbocycles. The minimum atomic E-state index is -0.527. The van der Waals surface area contributed by atoms with Gasteiger partial charge in [0, 0.05) is 25.7 Å². The highest BCUT2D eigenvalue weighted by Crippen LogP contribution is 2.24. The summed E-state index contributed by atoms with van der Waals surface area (Å²) in [6, 6.07) is 0.202. The van der Waals surface area contributed by atoms with Gasteiger partial charge in [-0.2, -0.15) is 4.39 Å². The third kappa shape index (κ3) is 2.10. The molecular formula is C10H14ClFN4. The van der Waals surface area contributed by atoms with E-state index in [1.807, 2.05) is 11.8 Å². The van der Waals surface area contributed by atoms with Crippen molar-refractivity contribution in [1.82, 2.24) is 15.3 Å². The van der Waals surface area contributed by atoms with Crippen LogP contribution in [0.2, 0.25) is 5.15 Å². The molecule has 2 rings (SSSR count). The quantitative estimate of drug-likeness (QED) is 0.758. The van der Waals surface area contributed by atoms with Crippen LogP contribution in [-0.4, -0.2) is 35.6 Å². The first-order valence-electron chi connectivity index (χ1n) is 5.26. The molecule has 0 spiro atoms. The van der Waals surface area contributed by atoms with Crippen LogP contribution in [-0.2, 0) is 0 Å². The van der Waals surface area contributed by atoms with Crippen LogP contribution in [0, 0.1) is 12.7 Å². The third-order valence-electron chi connectivity index (χ3n) is 2.68. The second kappa shape index (κ2) is 4.51. The van der Waals surface area contributed by atoms with Crippen molar-refractivity contribution in [2.75, 3.05) is 24.5 Å². The molecule has 6 heteroatoms. The molecule has 1 N–H and O–H groups in total. The number of nitrogens with one attached hydrogen (secondary N) is 1. The summed E-state index contributed by atoms with van der Waals surface area (Å²) in [5, 5.41) is 3.14. The zero-order chi connectivity index (χ0) is 11.7. The Hall–Kier alpha value is -0.940. The van der Waals surface area contributed by atoms with Gasteiger partial charge in [0.25, 0.3) is 0 Å². The number of rotatable bonds is 1. The molecule has 0 bridgehead atoms. The Morgan fingerprint density at radius 2 is 2.25 bits per heavy atom. The minimum Gasteiger partial charge on any atom is -0.349 e. The highest BCUT2D eigenvalue weighted by atomic mass is 35.5. The number of piperazine rings is 1. The van der Waals surface area contributed by atoms with Gasteiger partial charge in [-0.25, -0.2) is 9.97 Å². The van der Waals surface area contributed by atoms with Crippen LogP contribution in [0.4, 0.5) is 10.2 Å². The largest absolute Gasteiger partial charge is 0.349 e. The zero-order valence-corrected chi connectivity index (χ0v) is 10.1. The number of aryl methyl sites for hydroxylation is 1. The molecule has 0 amide bonds. The van der Waals surface area contributed by atoms with Crippen molar-refractivity contribution in [2.45, 2.75) is 19.9 Å². The molecule has 1 aliphatic rings. The van der Waals surface area contributed by atoms with E-state index in [-0.39, 0.29) is 11.2 Å². The Bertz CT molecular complexity index is 399. The maximum atomic E-state index is 13.8. The topological polar surface area (TPSA) is 41.1 Å². The van der Waals surface area contributed by atoms with Crippen LogP contribution in [0.15, 0.2) is 0 Å². The van der Waals surface area contributed by atoms with Gasteiger partial charge in [0.05, 0.1) is 0 Å². The monoisotopic (exact) mass is 244 g/mol. The molecule has 1 saturated heterocycles. The zero-order valence-electron chi connectivity index (χ0n) is 9.30. The third-order valence-corrected chi connectivity index (χ3v) is 2.93. The van der Waals surface area contributed by atoms with Crippen molar-refractivity contribution in [3.05, 3.63) is 16.8 Å². The van der Waals surface area contributed by atoms with Crippen molar-refractivity contribution in [3.8, 4) is 0 Å². The smallest absolute Gasteiger partial charge is 0.202 e. The molecule has 1 aromatic heterocycles. The van der Waals surface area contributed by atoms with E-state index in [0.717, 1.165) is 19.6 Å². The van der Waals surface area contributed by atoms with Crippen molar-refractivity contribution in [3.63, 3.8) is 0 Å². The first kappa shape index (κ1) is 11.5. The summed E-state index contributed by atoms with van der Waals surface area (Å²) in [5.74, 6) is 0.277. The predicted octanol–water partition coefficient (Wildman–Crippen LogP) is 1.38. The van der Waals surface area contributed by atoms with E-state index in [4.69, 9.17) is 11.6 Å². The molecule has 4 nitrogen and oxygen atoms in total. The van der Waals surface area contributed by atoms with Gasteiger partial charge in [-0.15, -0.1) is 0 Å². The summed E-state index contributed by atoms with van der Waals surface area (Å²) >= 11 is 5.72. The molecule has 1 unspecified atom stereocenters. The molecule has 1 atom stereocenters. The molecular weight excluding hydrogens is 231 g/mol. The Balaban J connectivity index is 2.38. The first-order chi connectivity index (χ1) is 7.59. The minimum absolute atomic E-state index is 0.103. The number of nitrogens with zero attached hydrogens (tertiary/aromatic N) is 3. The molecule has 1 fully saturated rings. The molecule has 1 aliphatic heterocycles. The fraction of sp³-hybridized carbons (Fsp3) is 0.600. The van der Waals surface area contributed by atoms with Gasteiger partial charge in [-0.1, -0.05) is 11.6 Å². The normalized spacial score (nSPS) is 21.2. The molecule has 2 heterocycles. The average molecular weight is 245 g/mol. The second-order valence-corrected chi connectivity index (χ2v) is 4.30. The Kier molecular flexibility index (Phi) is 3.25. The highest BCUT2D eigenvalue weighted by molar-refractivity contribution is 6.29. The fourth-order valence-electron chi connectivity index (χ4n) is 1.86. The molecule has 0 radical (unpaired) electrons. The lowest BCUT2D eigenvalue weighted by Gasteiger charge is -2.35. The van der Waals surface area contributed by atoms with Crippen LogP contribution < -0.4 is 10.2 Å². The van der Waals surface area contributed by atoms with Gasteiger partial charge in [-0.05, 0) is 13.8 Å². The summed E-state index contributed by atoms with van der Waals surface area (Å²) < 4.78 is 13.8. The summed E-state index contributed by atoms with van der Waals surface area (Å²) in [7, 11) is 0. The second-order valence-electron chi connectivity index (χ2n) is 3.95. The van der Waals surface area contributed by atoms with Gasteiger partial charge in [0.15, 0.2) is 11.0 Å².